The van der Waals surface area contributed by atoms with Crippen LogP contribution in [-0.2, 0) is 9.59 Å². The Hall–Kier alpha value is -3.15. The highest BCUT2D eigenvalue weighted by atomic mass is 16.2. The molecule has 2 aliphatic rings. The fraction of sp³-hybridized carbons (Fsp3) is 0.458. The normalized spacial score (nSPS) is 17.0. The highest BCUT2D eigenvalue weighted by Gasteiger charge is 2.26. The van der Waals surface area contributed by atoms with Gasteiger partial charge in [0.2, 0.25) is 11.8 Å². The zero-order valence-electron chi connectivity index (χ0n) is 18.7. The summed E-state index contributed by atoms with van der Waals surface area (Å²) in [5.41, 5.74) is 3.19. The molecule has 2 N–H and O–H groups in total. The van der Waals surface area contributed by atoms with Gasteiger partial charge in [0, 0.05) is 43.6 Å². The lowest BCUT2D eigenvalue weighted by Crippen LogP contribution is -2.51. The van der Waals surface area contributed by atoms with Gasteiger partial charge in [-0.05, 0) is 44.4 Å². The number of carbonyl (C=O) groups is 2. The Labute approximate surface area is 188 Å². The number of aromatic nitrogens is 1. The van der Waals surface area contributed by atoms with Gasteiger partial charge in [0.05, 0.1) is 18.7 Å². The Kier molecular flexibility index (Phi) is 6.58. The number of hydrogen-bond donors (Lipinski definition) is 2. The number of para-hydroxylation sites is 1. The Morgan fingerprint density at radius 3 is 2.16 bits per heavy atom. The zero-order valence-corrected chi connectivity index (χ0v) is 18.7. The van der Waals surface area contributed by atoms with E-state index in [4.69, 9.17) is 0 Å². The molecule has 8 heteroatoms. The number of anilines is 1. The molecule has 2 heterocycles. The zero-order chi connectivity index (χ0) is 22.7. The minimum absolute atomic E-state index is 0.0927. The lowest BCUT2D eigenvalue weighted by molar-refractivity contribution is -0.123. The van der Waals surface area contributed by atoms with E-state index >= 15 is 0 Å². The third kappa shape index (κ3) is 5.01. The van der Waals surface area contributed by atoms with Crippen molar-refractivity contribution in [1.29, 1.82) is 5.26 Å². The summed E-state index contributed by atoms with van der Waals surface area (Å²) in [5, 5.41) is 15.7. The lowest BCUT2D eigenvalue weighted by Gasteiger charge is -2.33. The molecular weight excluding hydrogens is 404 g/mol. The topological polar surface area (TPSA) is 93.4 Å². The van der Waals surface area contributed by atoms with Crippen LogP contribution in [0.2, 0.25) is 0 Å². The van der Waals surface area contributed by atoms with Crippen LogP contribution in [0.15, 0.2) is 30.3 Å². The second-order valence-electron chi connectivity index (χ2n) is 8.66. The molecular formula is C24H30N6O2. The molecule has 0 bridgehead atoms. The number of carbonyl (C=O) groups excluding carboxylic acids is 2. The summed E-state index contributed by atoms with van der Waals surface area (Å²) in [6.07, 6.45) is 2.18. The fourth-order valence-electron chi connectivity index (χ4n) is 4.15. The highest BCUT2D eigenvalue weighted by molar-refractivity contribution is 5.93. The molecule has 1 saturated carbocycles. The molecule has 32 heavy (non-hydrogen) atoms. The van der Waals surface area contributed by atoms with Crippen LogP contribution in [-0.4, -0.2) is 71.5 Å². The summed E-state index contributed by atoms with van der Waals surface area (Å²) in [5.74, 6) is 0.473. The smallest absolute Gasteiger partial charge is 0.239 e. The lowest BCUT2D eigenvalue weighted by atomic mass is 10.2. The van der Waals surface area contributed by atoms with E-state index in [9.17, 15) is 14.9 Å². The van der Waals surface area contributed by atoms with Crippen LogP contribution >= 0.6 is 0 Å². The molecule has 1 aliphatic carbocycles. The predicted molar refractivity (Wildman–Crippen MR) is 123 cm³/mol. The van der Waals surface area contributed by atoms with Crippen LogP contribution in [0.4, 0.5) is 5.82 Å². The largest absolute Gasteiger partial charge is 0.352 e. The number of nitrogens with one attached hydrogen (secondary N) is 2. The third-order valence-electron chi connectivity index (χ3n) is 6.24. The van der Waals surface area contributed by atoms with Gasteiger partial charge in [-0.15, -0.1) is 0 Å². The first-order valence-corrected chi connectivity index (χ1v) is 11.2. The maximum Gasteiger partial charge on any atom is 0.239 e. The number of hydrogen-bond acceptors (Lipinski definition) is 5. The summed E-state index contributed by atoms with van der Waals surface area (Å²) in [4.78, 5) is 29.1. The van der Waals surface area contributed by atoms with Gasteiger partial charge < -0.3 is 10.6 Å². The monoisotopic (exact) mass is 434 g/mol. The van der Waals surface area contributed by atoms with Gasteiger partial charge in [0.15, 0.2) is 0 Å². The van der Waals surface area contributed by atoms with E-state index in [1.54, 1.807) is 0 Å². The average Bonchev–Trinajstić information content (AvgIpc) is 3.56. The Balaban J connectivity index is 1.37. The van der Waals surface area contributed by atoms with E-state index in [0.29, 0.717) is 24.0 Å². The first-order valence-electron chi connectivity index (χ1n) is 11.2. The average molecular weight is 435 g/mol. The number of benzene rings is 1. The van der Waals surface area contributed by atoms with E-state index in [2.05, 4.69) is 26.5 Å². The summed E-state index contributed by atoms with van der Waals surface area (Å²) >= 11 is 0. The minimum Gasteiger partial charge on any atom is -0.352 e. The van der Waals surface area contributed by atoms with E-state index in [1.807, 2.05) is 48.7 Å². The number of amides is 2. The van der Waals surface area contributed by atoms with E-state index in [0.717, 1.165) is 56.0 Å². The van der Waals surface area contributed by atoms with Crippen LogP contribution < -0.4 is 10.6 Å². The van der Waals surface area contributed by atoms with Gasteiger partial charge >= 0.3 is 0 Å². The summed E-state index contributed by atoms with van der Waals surface area (Å²) in [6.45, 7) is 7.51. The van der Waals surface area contributed by atoms with Crippen molar-refractivity contribution in [3.05, 3.63) is 47.2 Å². The standard InChI is InChI=1S/C24H30N6O2/c1-17-18(2)30(20-6-4-3-5-7-20)24(21(17)14-25)27-23(32)16-29-12-10-28(11-13-29)15-22(31)26-19-8-9-19/h3-7,19H,8-13,15-16H2,1-2H3,(H,26,31)(H,27,32). The highest BCUT2D eigenvalue weighted by Crippen LogP contribution is 2.29. The van der Waals surface area contributed by atoms with Crippen molar-refractivity contribution in [2.75, 3.05) is 44.6 Å². The number of nitriles is 1. The molecule has 1 aromatic carbocycles. The number of rotatable bonds is 7. The third-order valence-corrected chi connectivity index (χ3v) is 6.24. The fourth-order valence-corrected chi connectivity index (χ4v) is 4.15. The quantitative estimate of drug-likeness (QED) is 0.693. The molecule has 8 nitrogen and oxygen atoms in total. The van der Waals surface area contributed by atoms with Crippen LogP contribution in [0.1, 0.15) is 29.7 Å². The second kappa shape index (κ2) is 9.55. The van der Waals surface area contributed by atoms with Crippen LogP contribution in [0.3, 0.4) is 0 Å². The molecule has 2 amide bonds. The van der Waals surface area contributed by atoms with Crippen molar-refractivity contribution in [2.45, 2.75) is 32.7 Å². The molecule has 2 aromatic rings. The van der Waals surface area contributed by atoms with Gasteiger partial charge in [0.1, 0.15) is 11.9 Å². The van der Waals surface area contributed by atoms with Crippen molar-refractivity contribution in [1.82, 2.24) is 19.7 Å². The van der Waals surface area contributed by atoms with Gasteiger partial charge in [-0.1, -0.05) is 18.2 Å². The van der Waals surface area contributed by atoms with Crippen LogP contribution in [0.25, 0.3) is 5.69 Å². The van der Waals surface area contributed by atoms with E-state index in [1.165, 1.54) is 0 Å². The second-order valence-corrected chi connectivity index (χ2v) is 8.66. The maximum atomic E-state index is 12.9. The van der Waals surface area contributed by atoms with Crippen molar-refractivity contribution in [3.63, 3.8) is 0 Å². The Morgan fingerprint density at radius 1 is 1.00 bits per heavy atom. The molecule has 168 valence electrons. The van der Waals surface area contributed by atoms with Crippen molar-refractivity contribution in [3.8, 4) is 11.8 Å². The minimum atomic E-state index is -0.142. The van der Waals surface area contributed by atoms with Crippen molar-refractivity contribution in [2.24, 2.45) is 0 Å². The maximum absolute atomic E-state index is 12.9. The Morgan fingerprint density at radius 2 is 1.59 bits per heavy atom. The number of piperazine rings is 1. The Bertz CT molecular complexity index is 1030. The van der Waals surface area contributed by atoms with Crippen LogP contribution in [0.5, 0.6) is 0 Å². The molecule has 1 aromatic heterocycles. The van der Waals surface area contributed by atoms with E-state index in [-0.39, 0.29) is 18.4 Å². The van der Waals surface area contributed by atoms with Crippen molar-refractivity contribution < 1.29 is 9.59 Å². The van der Waals surface area contributed by atoms with Gasteiger partial charge in [-0.25, -0.2) is 0 Å². The molecule has 0 atom stereocenters. The summed E-state index contributed by atoms with van der Waals surface area (Å²) in [7, 11) is 0. The molecule has 0 spiro atoms. The molecule has 4 rings (SSSR count). The SMILES string of the molecule is Cc1c(C#N)c(NC(=O)CN2CCN(CC(=O)NC3CC3)CC2)n(-c2ccccc2)c1C. The van der Waals surface area contributed by atoms with Crippen molar-refractivity contribution >= 4 is 17.6 Å². The molecule has 2 fully saturated rings. The number of nitrogens with zero attached hydrogens (tertiary/aromatic N) is 4. The summed E-state index contributed by atoms with van der Waals surface area (Å²) < 4.78 is 1.93. The molecule has 1 aliphatic heterocycles. The van der Waals surface area contributed by atoms with Gasteiger partial charge in [-0.2, -0.15) is 5.26 Å². The molecule has 0 unspecified atom stereocenters. The molecule has 0 radical (unpaired) electrons. The molecule has 1 saturated heterocycles. The first kappa shape index (κ1) is 22.1. The van der Waals surface area contributed by atoms with Gasteiger partial charge in [0.25, 0.3) is 0 Å². The van der Waals surface area contributed by atoms with E-state index < -0.39 is 0 Å². The predicted octanol–water partition coefficient (Wildman–Crippen LogP) is 1.80. The van der Waals surface area contributed by atoms with Gasteiger partial charge in [-0.3, -0.25) is 24.0 Å². The van der Waals surface area contributed by atoms with Crippen LogP contribution in [0, 0.1) is 25.2 Å². The first-order chi connectivity index (χ1) is 15.5. The summed E-state index contributed by atoms with van der Waals surface area (Å²) in [6, 6.07) is 12.4.